The summed E-state index contributed by atoms with van der Waals surface area (Å²) >= 11 is 7.11. The first-order chi connectivity index (χ1) is 20.8. The highest BCUT2D eigenvalue weighted by Crippen LogP contribution is 2.49. The first-order valence-electron chi connectivity index (χ1n) is 15.6. The number of carbonyl (C=O) groups is 1. The van der Waals surface area contributed by atoms with Crippen molar-refractivity contribution in [3.05, 3.63) is 40.6 Å². The number of piperazine rings is 1. The molecule has 3 saturated heterocycles. The number of likely N-dealkylation sites (tertiary alicyclic amines) is 1. The number of piperidine rings is 1. The van der Waals surface area contributed by atoms with Crippen LogP contribution in [0.3, 0.4) is 0 Å². The number of carbonyl (C=O) groups excluding carboxylic acids is 1. The van der Waals surface area contributed by atoms with Gasteiger partial charge in [-0.25, -0.2) is 0 Å². The molecule has 1 atom stereocenters. The third-order valence-corrected chi connectivity index (χ3v) is 10.5. The molecule has 4 aliphatic rings. The third kappa shape index (κ3) is 5.47. The second kappa shape index (κ2) is 12.2. The van der Waals surface area contributed by atoms with E-state index in [9.17, 15) is 4.79 Å². The second-order valence-electron chi connectivity index (χ2n) is 12.6. The highest BCUT2D eigenvalue weighted by atomic mass is 35.5. The molecule has 1 aromatic carbocycles. The maximum Gasteiger partial charge on any atom is 0.245 e. The van der Waals surface area contributed by atoms with Crippen LogP contribution in [0.1, 0.15) is 55.0 Å². The number of anilines is 2. The van der Waals surface area contributed by atoms with Crippen LogP contribution >= 0.6 is 11.6 Å². The molecule has 11 heteroatoms. The Morgan fingerprint density at radius 1 is 1.21 bits per heavy atom. The van der Waals surface area contributed by atoms with E-state index < -0.39 is 0 Å². The van der Waals surface area contributed by atoms with Gasteiger partial charge in [0.1, 0.15) is 0 Å². The average molecular weight is 611 g/mol. The van der Waals surface area contributed by atoms with Crippen molar-refractivity contribution in [2.24, 2.45) is 0 Å². The number of nitrogen functional groups attached to an aromatic ring is 1. The summed E-state index contributed by atoms with van der Waals surface area (Å²) in [6, 6.07) is 2.05. The Hall–Kier alpha value is -2.92. The van der Waals surface area contributed by atoms with E-state index >= 15 is 0 Å². The largest absolute Gasteiger partial charge is 0.398 e. The molecule has 43 heavy (non-hydrogen) atoms. The lowest BCUT2D eigenvalue weighted by atomic mass is 9.73. The van der Waals surface area contributed by atoms with E-state index in [2.05, 4.69) is 28.0 Å². The summed E-state index contributed by atoms with van der Waals surface area (Å²) in [5.74, 6) is 0.936. The quantitative estimate of drug-likeness (QED) is 0.281. The maximum atomic E-state index is 12.3. The number of halogens is 1. The standard InChI is InChI=1S/C32H44ClN7O3/c1-4-27(41)38-10-6-23(7-11-38)40-22(3)28(29-25(17-34)26(35)16-21(2)30(29)33)31(36-40)39-13-12-37(20-32(39)8-5-9-32)18-24-19-42-14-15-43-24/h4,16-17,23-24,34H,1,5-15,18-20,35H2,2-3H3/p+1/t24-/m1/s1. The molecule has 1 aromatic heterocycles. The molecule has 4 heterocycles. The van der Waals surface area contributed by atoms with Crippen molar-refractivity contribution in [2.45, 2.75) is 63.6 Å². The van der Waals surface area contributed by atoms with Crippen molar-refractivity contribution in [3.8, 4) is 11.1 Å². The summed E-state index contributed by atoms with van der Waals surface area (Å²) in [4.78, 5) is 19.2. The molecule has 4 fully saturated rings. The lowest BCUT2D eigenvalue weighted by molar-refractivity contribution is -0.127. The van der Waals surface area contributed by atoms with Crippen molar-refractivity contribution in [3.63, 3.8) is 0 Å². The van der Waals surface area contributed by atoms with Crippen LogP contribution in [-0.4, -0.2) is 102 Å². The Kier molecular flexibility index (Phi) is 8.56. The van der Waals surface area contributed by atoms with Crippen molar-refractivity contribution in [2.75, 3.05) is 69.7 Å². The Balaban J connectivity index is 1.40. The Morgan fingerprint density at radius 3 is 2.60 bits per heavy atom. The monoisotopic (exact) mass is 610 g/mol. The van der Waals surface area contributed by atoms with Gasteiger partial charge in [0, 0.05) is 61.8 Å². The predicted octanol–water partition coefficient (Wildman–Crippen LogP) is 2.39. The minimum absolute atomic E-state index is 0.0116. The molecule has 1 aliphatic carbocycles. The van der Waals surface area contributed by atoms with Crippen molar-refractivity contribution >= 4 is 35.2 Å². The molecule has 0 bridgehead atoms. The van der Waals surface area contributed by atoms with Gasteiger partial charge in [-0.3, -0.25) is 19.8 Å². The summed E-state index contributed by atoms with van der Waals surface area (Å²) in [7, 11) is 0. The lowest BCUT2D eigenvalue weighted by Crippen LogP contribution is -2.67. The summed E-state index contributed by atoms with van der Waals surface area (Å²) in [5.41, 5.74) is 11.7. The lowest BCUT2D eigenvalue weighted by Gasteiger charge is -2.56. The Labute approximate surface area is 259 Å². The van der Waals surface area contributed by atoms with Crippen LogP contribution in [0.5, 0.6) is 0 Å². The number of ether oxygens (including phenoxy) is 2. The summed E-state index contributed by atoms with van der Waals surface area (Å²) in [6.07, 6.45) is 8.14. The normalized spacial score (nSPS) is 22.9. The topological polar surface area (TPSA) is 115 Å². The summed E-state index contributed by atoms with van der Waals surface area (Å²) in [5, 5.41) is 12.3. The van der Waals surface area contributed by atoms with Crippen LogP contribution in [-0.2, 0) is 14.3 Å². The van der Waals surface area contributed by atoms with Gasteiger partial charge in [0.2, 0.25) is 5.91 Å². The van der Waals surface area contributed by atoms with Crippen LogP contribution in [0.4, 0.5) is 11.5 Å². The average Bonchev–Trinajstić information content (AvgIpc) is 3.34. The Bertz CT molecular complexity index is 1390. The van der Waals surface area contributed by atoms with Gasteiger partial charge in [-0.2, -0.15) is 5.10 Å². The van der Waals surface area contributed by atoms with Crippen LogP contribution in [0.25, 0.3) is 11.1 Å². The molecule has 0 radical (unpaired) electrons. The number of nitrogens with zero attached hydrogens (tertiary/aromatic N) is 5. The van der Waals surface area contributed by atoms with E-state index in [1.165, 1.54) is 12.5 Å². The summed E-state index contributed by atoms with van der Waals surface area (Å²) in [6.45, 7) is 14.7. The highest BCUT2D eigenvalue weighted by molar-refractivity contribution is 6.35. The fraction of sp³-hybridized carbons (Fsp3) is 0.594. The maximum absolute atomic E-state index is 12.3. The summed E-state index contributed by atoms with van der Waals surface area (Å²) < 4.78 is 13.9. The third-order valence-electron chi connectivity index (χ3n) is 9.98. The number of aromatic nitrogens is 2. The minimum atomic E-state index is -0.0165. The number of hydrogen-bond acceptors (Lipinski definition) is 7. The van der Waals surface area contributed by atoms with E-state index in [0.717, 1.165) is 85.6 Å². The molecule has 1 spiro atoms. The van der Waals surface area contributed by atoms with Crippen molar-refractivity contribution in [1.82, 2.24) is 19.6 Å². The zero-order valence-electron chi connectivity index (χ0n) is 25.5. The molecule has 10 nitrogen and oxygen atoms in total. The van der Waals surface area contributed by atoms with E-state index in [-0.39, 0.29) is 23.6 Å². The van der Waals surface area contributed by atoms with Gasteiger partial charge in [-0.05, 0) is 63.7 Å². The van der Waals surface area contributed by atoms with Gasteiger partial charge in [0.05, 0.1) is 48.1 Å². The van der Waals surface area contributed by atoms with E-state index in [1.54, 1.807) is 6.21 Å². The van der Waals surface area contributed by atoms with Gasteiger partial charge in [0.15, 0.2) is 12.0 Å². The van der Waals surface area contributed by atoms with E-state index in [0.29, 0.717) is 43.6 Å². The van der Waals surface area contributed by atoms with Crippen LogP contribution < -0.4 is 16.0 Å². The van der Waals surface area contributed by atoms with Crippen molar-refractivity contribution < 1.29 is 19.7 Å². The molecule has 6 rings (SSSR count). The van der Waals surface area contributed by atoms with Crippen LogP contribution in [0.15, 0.2) is 18.7 Å². The minimum Gasteiger partial charge on any atom is -0.398 e. The molecule has 1 amide bonds. The zero-order chi connectivity index (χ0) is 30.3. The first kappa shape index (κ1) is 30.1. The molecule has 4 N–H and O–H groups in total. The predicted molar refractivity (Wildman–Crippen MR) is 170 cm³/mol. The number of aryl methyl sites for hydroxylation is 1. The van der Waals surface area contributed by atoms with Gasteiger partial charge < -0.3 is 25.0 Å². The van der Waals surface area contributed by atoms with E-state index in [4.69, 9.17) is 37.3 Å². The number of benzene rings is 1. The van der Waals surface area contributed by atoms with Crippen LogP contribution in [0, 0.1) is 13.8 Å². The SMILES string of the molecule is C=CC(=O)N1CCC(n2nc(N3CCN(C[C@@H]4COCCO4)CC34CCC4)c(-c3c(Cl)c(C)cc(N)c3C=[NH2+])c2C)CC1. The fourth-order valence-corrected chi connectivity index (χ4v) is 7.80. The van der Waals surface area contributed by atoms with Crippen molar-refractivity contribution in [1.29, 1.82) is 0 Å². The van der Waals surface area contributed by atoms with E-state index in [1.807, 2.05) is 17.9 Å². The molecule has 3 aliphatic heterocycles. The number of amides is 1. The second-order valence-corrected chi connectivity index (χ2v) is 13.0. The number of nitrogens with two attached hydrogens (primary N) is 2. The van der Waals surface area contributed by atoms with Gasteiger partial charge in [-0.1, -0.05) is 18.2 Å². The highest BCUT2D eigenvalue weighted by Gasteiger charge is 2.49. The Morgan fingerprint density at radius 2 is 1.98 bits per heavy atom. The molecule has 1 saturated carbocycles. The smallest absolute Gasteiger partial charge is 0.245 e. The van der Waals surface area contributed by atoms with Crippen LogP contribution in [0.2, 0.25) is 5.02 Å². The first-order valence-corrected chi connectivity index (χ1v) is 16.0. The molecular weight excluding hydrogens is 566 g/mol. The van der Waals surface area contributed by atoms with Gasteiger partial charge >= 0.3 is 0 Å². The zero-order valence-corrected chi connectivity index (χ0v) is 26.2. The molecule has 232 valence electrons. The number of rotatable bonds is 7. The number of hydrogen-bond donors (Lipinski definition) is 2. The molecule has 2 aromatic rings. The van der Waals surface area contributed by atoms with Gasteiger partial charge in [-0.15, -0.1) is 0 Å². The molecule has 0 unspecified atom stereocenters. The fourth-order valence-electron chi connectivity index (χ4n) is 7.55. The van der Waals surface area contributed by atoms with Gasteiger partial charge in [0.25, 0.3) is 0 Å². The molecular formula is C32H45ClN7O3+.